The minimum Gasteiger partial charge on any atom is -0.493 e. The molecule has 0 atom stereocenters. The van der Waals surface area contributed by atoms with Crippen LogP contribution in [-0.4, -0.2) is 48.4 Å². The summed E-state index contributed by atoms with van der Waals surface area (Å²) in [4.78, 5) is 18.5. The molecule has 5 heterocycles. The molecule has 58 heavy (non-hydrogen) atoms. The van der Waals surface area contributed by atoms with Gasteiger partial charge in [0.1, 0.15) is 0 Å². The number of rotatable bonds is 8. The number of H-pyrrole nitrogens is 2. The number of ether oxygens (including phenoxy) is 4. The number of nitrogens with zero attached hydrogens (tertiary/aromatic N) is 2. The maximum absolute atomic E-state index is 6.04. The van der Waals surface area contributed by atoms with E-state index < -0.39 is 0 Å². The highest BCUT2D eigenvalue weighted by atomic mass is 16.5. The van der Waals surface area contributed by atoms with Crippen molar-refractivity contribution >= 4 is 46.4 Å². The van der Waals surface area contributed by atoms with Gasteiger partial charge in [-0.15, -0.1) is 0 Å². The average molecular weight is 763 g/mol. The van der Waals surface area contributed by atoms with E-state index in [1.54, 1.807) is 28.4 Å². The Labute approximate surface area is 337 Å². The minimum absolute atomic E-state index is 0.618. The number of aromatic nitrogens is 4. The first-order chi connectivity index (χ1) is 28.4. The van der Waals surface area contributed by atoms with E-state index in [1.165, 1.54) is 11.1 Å². The number of hydrogen-bond donors (Lipinski definition) is 2. The van der Waals surface area contributed by atoms with Gasteiger partial charge in [-0.25, -0.2) is 9.97 Å². The predicted molar refractivity (Wildman–Crippen MR) is 236 cm³/mol. The first-order valence-corrected chi connectivity index (χ1v) is 19.1. The molecule has 0 amide bonds. The molecule has 2 N–H and O–H groups in total. The summed E-state index contributed by atoms with van der Waals surface area (Å²) in [5, 5.41) is 0. The second-order valence-corrected chi connectivity index (χ2v) is 14.3. The lowest BCUT2D eigenvalue weighted by Crippen LogP contribution is -1.95. The zero-order chi connectivity index (χ0) is 39.9. The van der Waals surface area contributed by atoms with E-state index in [-0.39, 0.29) is 0 Å². The number of aryl methyl sites for hydroxylation is 2. The predicted octanol–water partition coefficient (Wildman–Crippen LogP) is 12.0. The standard InChI is InChI=1S/C50H42N4O4/c1-29-13-17-31(18-14-29)45-35-21-25-39(51-35)47(33-9-7-11-43(55-3)49(33)57-5)41-27-23-37(53-41)46(32-19-15-30(2)16-20-32)38-24-28-42(54-38)48(40-26-22-36(45)52-40)34-10-8-12-44(56-4)50(34)58-6/h7-28,51,54H,1-6H3. The number of aromatic amines is 2. The van der Waals surface area contributed by atoms with Crippen molar-refractivity contribution in [1.29, 1.82) is 0 Å². The summed E-state index contributed by atoms with van der Waals surface area (Å²) in [7, 11) is 6.65. The molecule has 0 saturated carbocycles. The topological polar surface area (TPSA) is 94.3 Å². The van der Waals surface area contributed by atoms with Gasteiger partial charge < -0.3 is 28.9 Å². The molecule has 0 aliphatic carbocycles. The fourth-order valence-electron chi connectivity index (χ4n) is 7.99. The van der Waals surface area contributed by atoms with Crippen LogP contribution in [0.2, 0.25) is 0 Å². The van der Waals surface area contributed by atoms with Crippen LogP contribution in [0.25, 0.3) is 90.9 Å². The van der Waals surface area contributed by atoms with Gasteiger partial charge in [0.25, 0.3) is 0 Å². The molecule has 0 radical (unpaired) electrons. The van der Waals surface area contributed by atoms with Crippen molar-refractivity contribution in [2.45, 2.75) is 13.8 Å². The van der Waals surface area contributed by atoms with Crippen LogP contribution >= 0.6 is 0 Å². The Hall–Kier alpha value is -7.32. The molecule has 8 heteroatoms. The van der Waals surface area contributed by atoms with Crippen LogP contribution in [-0.2, 0) is 0 Å². The molecular formula is C50H42N4O4. The van der Waals surface area contributed by atoms with Crippen molar-refractivity contribution in [3.05, 3.63) is 143 Å². The Morgan fingerprint density at radius 1 is 0.379 bits per heavy atom. The largest absolute Gasteiger partial charge is 0.493 e. The van der Waals surface area contributed by atoms with Gasteiger partial charge >= 0.3 is 0 Å². The van der Waals surface area contributed by atoms with Crippen LogP contribution < -0.4 is 18.9 Å². The van der Waals surface area contributed by atoms with Crippen molar-refractivity contribution in [3.8, 4) is 67.5 Å². The normalized spacial score (nSPS) is 11.8. The summed E-state index contributed by atoms with van der Waals surface area (Å²) >= 11 is 0. The molecule has 0 unspecified atom stereocenters. The summed E-state index contributed by atoms with van der Waals surface area (Å²) < 4.78 is 23.7. The van der Waals surface area contributed by atoms with Gasteiger partial charge in [0, 0.05) is 55.4 Å². The third-order valence-electron chi connectivity index (χ3n) is 10.8. The molecule has 8 bridgehead atoms. The van der Waals surface area contributed by atoms with Crippen LogP contribution in [0.5, 0.6) is 23.0 Å². The lowest BCUT2D eigenvalue weighted by atomic mass is 10.0. The SMILES string of the molecule is COc1cccc(-c2c3nc(c(-c4ccc(C)cc4)c4ccc([nH]4)c(-c4cccc(OC)c4OC)c4nc(c(-c5ccc(C)cc5)c5ccc2[nH]5)C=C4)C=C3)c1OC. The van der Waals surface area contributed by atoms with Gasteiger partial charge in [-0.1, -0.05) is 83.9 Å². The smallest absolute Gasteiger partial charge is 0.168 e. The van der Waals surface area contributed by atoms with Gasteiger partial charge in [-0.05, 0) is 85.7 Å². The Morgan fingerprint density at radius 3 is 1.07 bits per heavy atom. The highest BCUT2D eigenvalue weighted by molar-refractivity contribution is 6.01. The minimum atomic E-state index is 0.618. The Morgan fingerprint density at radius 2 is 0.724 bits per heavy atom. The summed E-state index contributed by atoms with van der Waals surface area (Å²) in [6, 6.07) is 37.4. The fraction of sp³-hybridized carbons (Fsp3) is 0.120. The summed E-state index contributed by atoms with van der Waals surface area (Å²) in [6.45, 7) is 4.19. The molecule has 7 aromatic rings. The molecule has 286 valence electrons. The van der Waals surface area contributed by atoms with E-state index in [0.29, 0.717) is 23.0 Å². The molecule has 3 aromatic heterocycles. The molecule has 8 nitrogen and oxygen atoms in total. The van der Waals surface area contributed by atoms with E-state index in [2.05, 4.69) is 121 Å². The van der Waals surface area contributed by atoms with Crippen molar-refractivity contribution in [3.63, 3.8) is 0 Å². The highest BCUT2D eigenvalue weighted by Crippen LogP contribution is 2.45. The van der Waals surface area contributed by atoms with Crippen molar-refractivity contribution in [2.75, 3.05) is 28.4 Å². The lowest BCUT2D eigenvalue weighted by molar-refractivity contribution is 0.356. The van der Waals surface area contributed by atoms with E-state index in [0.717, 1.165) is 89.4 Å². The zero-order valence-electron chi connectivity index (χ0n) is 33.2. The van der Waals surface area contributed by atoms with Crippen molar-refractivity contribution in [2.24, 2.45) is 0 Å². The number of nitrogens with one attached hydrogen (secondary N) is 2. The zero-order valence-corrected chi connectivity index (χ0v) is 33.2. The molecule has 0 spiro atoms. The summed E-state index contributed by atoms with van der Waals surface area (Å²) in [6.07, 6.45) is 8.33. The molecule has 2 aliphatic heterocycles. The summed E-state index contributed by atoms with van der Waals surface area (Å²) in [5.74, 6) is 2.49. The van der Waals surface area contributed by atoms with Gasteiger partial charge in [0.05, 0.1) is 51.2 Å². The van der Waals surface area contributed by atoms with Crippen molar-refractivity contribution < 1.29 is 18.9 Å². The van der Waals surface area contributed by atoms with Crippen LogP contribution in [0.3, 0.4) is 0 Å². The fourth-order valence-corrected chi connectivity index (χ4v) is 7.99. The van der Waals surface area contributed by atoms with Crippen LogP contribution in [0, 0.1) is 13.8 Å². The van der Waals surface area contributed by atoms with Gasteiger partial charge in [0.15, 0.2) is 23.0 Å². The highest BCUT2D eigenvalue weighted by Gasteiger charge is 2.23. The quantitative estimate of drug-likeness (QED) is 0.160. The van der Waals surface area contributed by atoms with Gasteiger partial charge in [-0.3, -0.25) is 0 Å². The van der Waals surface area contributed by atoms with Crippen LogP contribution in [0.15, 0.2) is 109 Å². The Kier molecular flexibility index (Phi) is 9.38. The van der Waals surface area contributed by atoms with E-state index in [1.807, 2.05) is 36.4 Å². The summed E-state index contributed by atoms with van der Waals surface area (Å²) in [5.41, 5.74) is 16.4. The third kappa shape index (κ3) is 6.29. The van der Waals surface area contributed by atoms with Crippen molar-refractivity contribution in [1.82, 2.24) is 19.9 Å². The number of hydrogen-bond acceptors (Lipinski definition) is 6. The number of benzene rings is 4. The second-order valence-electron chi connectivity index (χ2n) is 14.3. The molecule has 2 aliphatic rings. The Balaban J connectivity index is 1.49. The third-order valence-corrected chi connectivity index (χ3v) is 10.8. The molecule has 0 fully saturated rings. The maximum Gasteiger partial charge on any atom is 0.168 e. The number of fused-ring (bicyclic) bond motifs is 8. The van der Waals surface area contributed by atoms with E-state index in [4.69, 9.17) is 28.9 Å². The average Bonchev–Trinajstić information content (AvgIpc) is 4.10. The first-order valence-electron chi connectivity index (χ1n) is 19.1. The monoisotopic (exact) mass is 762 g/mol. The van der Waals surface area contributed by atoms with Gasteiger partial charge in [0.2, 0.25) is 0 Å². The Bertz CT molecular complexity index is 2750. The van der Waals surface area contributed by atoms with Crippen LogP contribution in [0.1, 0.15) is 33.9 Å². The first kappa shape index (κ1) is 36.3. The van der Waals surface area contributed by atoms with E-state index in [9.17, 15) is 0 Å². The van der Waals surface area contributed by atoms with E-state index >= 15 is 0 Å². The second kappa shape index (κ2) is 15.0. The molecule has 9 rings (SSSR count). The number of methoxy groups -OCH3 is 4. The number of para-hydroxylation sites is 2. The van der Waals surface area contributed by atoms with Gasteiger partial charge in [-0.2, -0.15) is 0 Å². The lowest BCUT2D eigenvalue weighted by Gasteiger charge is -2.14. The molecule has 4 aromatic carbocycles. The maximum atomic E-state index is 6.04. The molecule has 0 saturated heterocycles. The van der Waals surface area contributed by atoms with Crippen LogP contribution in [0.4, 0.5) is 0 Å². The molecular weight excluding hydrogens is 721 g/mol.